The van der Waals surface area contributed by atoms with Crippen LogP contribution in [0, 0.1) is 0 Å². The van der Waals surface area contributed by atoms with Crippen LogP contribution in [0.3, 0.4) is 0 Å². The van der Waals surface area contributed by atoms with Gasteiger partial charge in [-0.1, -0.05) is 78.4 Å². The Labute approximate surface area is 304 Å². The Morgan fingerprint density at radius 1 is 0.348 bits per heavy atom. The SMILES string of the molecule is CCc1ccc(-c2ccc(-c3ccc([Si](C)(C)[Si](C)(C)[Si](C)(C)[Si](C)(C)c4ccc(-c5ccc(-c6ccc(CC)s6)s5)s4)s3)s2)s1. The van der Waals surface area contributed by atoms with Gasteiger partial charge in [0.15, 0.2) is 0 Å². The monoisotopic (exact) mass is 782 g/mol. The zero-order valence-corrected chi connectivity index (χ0v) is 37.7. The third kappa shape index (κ3) is 6.07. The second-order valence-electron chi connectivity index (χ2n) is 14.4. The second kappa shape index (κ2) is 13.1. The van der Waals surface area contributed by atoms with Crippen molar-refractivity contribution in [1.82, 2.24) is 0 Å². The van der Waals surface area contributed by atoms with Gasteiger partial charge in [0, 0.05) is 63.0 Å². The molecule has 0 nitrogen and oxygen atoms in total. The molecule has 6 aromatic rings. The molecule has 0 N–H and O–H groups in total. The van der Waals surface area contributed by atoms with Gasteiger partial charge in [0.05, 0.1) is 15.2 Å². The maximum Gasteiger partial charge on any atom is 0.0837 e. The van der Waals surface area contributed by atoms with E-state index in [1.165, 1.54) is 48.8 Å². The summed E-state index contributed by atoms with van der Waals surface area (Å²) in [7, 11) is -6.56. The highest BCUT2D eigenvalue weighted by Gasteiger charge is 2.60. The molecule has 242 valence electrons. The minimum absolute atomic E-state index is 1.12. The van der Waals surface area contributed by atoms with Gasteiger partial charge >= 0.3 is 0 Å². The van der Waals surface area contributed by atoms with E-state index < -0.39 is 29.4 Å². The van der Waals surface area contributed by atoms with Gasteiger partial charge in [0.25, 0.3) is 0 Å². The van der Waals surface area contributed by atoms with E-state index in [2.05, 4.69) is 162 Å². The summed E-state index contributed by atoms with van der Waals surface area (Å²) >= 11 is 12.1. The third-order valence-corrected chi connectivity index (χ3v) is 90.0. The van der Waals surface area contributed by atoms with Gasteiger partial charge in [0.1, 0.15) is 0 Å². The fourth-order valence-electron chi connectivity index (χ4n) is 6.40. The predicted octanol–water partition coefficient (Wildman–Crippen LogP) is 13.0. The summed E-state index contributed by atoms with van der Waals surface area (Å²) in [4.78, 5) is 14.4. The van der Waals surface area contributed by atoms with Crippen LogP contribution in [0.2, 0.25) is 52.4 Å². The lowest BCUT2D eigenvalue weighted by atomic mass is 10.3. The van der Waals surface area contributed by atoms with E-state index in [4.69, 9.17) is 0 Å². The van der Waals surface area contributed by atoms with Crippen molar-refractivity contribution in [3.63, 3.8) is 0 Å². The van der Waals surface area contributed by atoms with Gasteiger partial charge in [-0.25, -0.2) is 0 Å². The van der Waals surface area contributed by atoms with Crippen molar-refractivity contribution in [2.24, 2.45) is 0 Å². The highest BCUT2D eigenvalue weighted by molar-refractivity contribution is 7.87. The average molecular weight is 784 g/mol. The molecule has 46 heavy (non-hydrogen) atoms. The van der Waals surface area contributed by atoms with Crippen LogP contribution >= 0.6 is 68.0 Å². The molecule has 0 aliphatic heterocycles. The fourth-order valence-corrected chi connectivity index (χ4v) is 88.4. The standard InChI is InChI=1S/C36H46S6Si4/c1-11-25-13-15-27(37-25)29-17-19-31(39-29)33-21-23-35(41-33)43(3,4)45(7,8)46(9,10)44(5,6)36-24-22-34(42-36)32-20-18-30(40-32)28-16-14-26(12-2)38-28/h13-24H,11-12H2,1-10H3. The largest absolute Gasteiger partial charge is 0.144 e. The summed E-state index contributed by atoms with van der Waals surface area (Å²) in [6, 6.07) is 28.6. The fraction of sp³-hybridized carbons (Fsp3) is 0.333. The molecule has 6 aromatic heterocycles. The van der Waals surface area contributed by atoms with E-state index in [0.29, 0.717) is 0 Å². The molecule has 0 saturated carbocycles. The highest BCUT2D eigenvalue weighted by Crippen LogP contribution is 2.43. The van der Waals surface area contributed by atoms with E-state index in [1.807, 2.05) is 45.3 Å². The second-order valence-corrected chi connectivity index (χ2v) is 61.4. The zero-order valence-electron chi connectivity index (χ0n) is 28.8. The summed E-state index contributed by atoms with van der Waals surface area (Å²) in [5.74, 6) is 0. The van der Waals surface area contributed by atoms with Crippen molar-refractivity contribution < 1.29 is 0 Å². The first-order valence-electron chi connectivity index (χ1n) is 16.3. The van der Waals surface area contributed by atoms with Crippen LogP contribution in [0.15, 0.2) is 72.8 Å². The van der Waals surface area contributed by atoms with Gasteiger partial charge in [-0.3, -0.25) is 0 Å². The molecule has 6 rings (SSSR count). The molecule has 10 heteroatoms. The molecule has 0 amide bonds. The van der Waals surface area contributed by atoms with Crippen molar-refractivity contribution >= 4 is 106 Å². The van der Waals surface area contributed by atoms with E-state index in [9.17, 15) is 0 Å². The molecule has 6 heterocycles. The maximum atomic E-state index is 2.80. The summed E-state index contributed by atoms with van der Waals surface area (Å²) < 4.78 is 3.45. The summed E-state index contributed by atoms with van der Waals surface area (Å²) in [6.45, 7) is 26.6. The molecule has 0 bridgehead atoms. The van der Waals surface area contributed by atoms with Gasteiger partial charge in [-0.15, -0.1) is 68.0 Å². The Balaban J connectivity index is 1.24. The summed E-state index contributed by atoms with van der Waals surface area (Å²) in [5, 5.41) is 0. The van der Waals surface area contributed by atoms with Crippen LogP contribution in [0.4, 0.5) is 0 Å². The van der Waals surface area contributed by atoms with E-state index in [-0.39, 0.29) is 0 Å². The average Bonchev–Trinajstić information content (AvgIpc) is 3.86. The Hall–Kier alpha value is -0.932. The first-order chi connectivity index (χ1) is 21.7. The van der Waals surface area contributed by atoms with E-state index >= 15 is 0 Å². The Morgan fingerprint density at radius 3 is 0.913 bits per heavy atom. The van der Waals surface area contributed by atoms with Crippen molar-refractivity contribution in [3.05, 3.63) is 82.6 Å². The molecule has 0 spiro atoms. The van der Waals surface area contributed by atoms with Gasteiger partial charge in [-0.05, 0) is 82.5 Å². The zero-order chi connectivity index (χ0) is 33.1. The maximum absolute atomic E-state index is 2.80. The number of hydrogen-bond donors (Lipinski definition) is 0. The number of rotatable bonds is 11. The van der Waals surface area contributed by atoms with Crippen LogP contribution in [-0.4, -0.2) is 29.4 Å². The van der Waals surface area contributed by atoms with Crippen LogP contribution in [-0.2, 0) is 12.8 Å². The first-order valence-corrected chi connectivity index (χ1v) is 36.2. The van der Waals surface area contributed by atoms with Crippen molar-refractivity contribution in [1.29, 1.82) is 0 Å². The Morgan fingerprint density at radius 2 is 0.609 bits per heavy atom. The van der Waals surface area contributed by atoms with Gasteiger partial charge < -0.3 is 0 Å². The molecule has 0 aromatic carbocycles. The van der Waals surface area contributed by atoms with Crippen LogP contribution in [0.5, 0.6) is 0 Å². The quantitative estimate of drug-likeness (QED) is 0.115. The molecule has 0 unspecified atom stereocenters. The van der Waals surface area contributed by atoms with Crippen LogP contribution in [0.25, 0.3) is 39.0 Å². The first kappa shape index (κ1) is 34.9. The molecule has 0 fully saturated rings. The molecular weight excluding hydrogens is 737 g/mol. The van der Waals surface area contributed by atoms with Crippen molar-refractivity contribution in [2.75, 3.05) is 0 Å². The van der Waals surface area contributed by atoms with Gasteiger partial charge in [-0.2, -0.15) is 0 Å². The lowest BCUT2D eigenvalue weighted by Gasteiger charge is -2.54. The van der Waals surface area contributed by atoms with E-state index in [1.54, 1.807) is 9.00 Å². The van der Waals surface area contributed by atoms with Gasteiger partial charge in [0.2, 0.25) is 0 Å². The summed E-state index contributed by atoms with van der Waals surface area (Å²) in [5.41, 5.74) is 0. The minimum Gasteiger partial charge on any atom is -0.144 e. The molecular formula is C36H46S6Si4. The lowest BCUT2D eigenvalue weighted by molar-refractivity contribution is 1.19. The molecule has 0 atom stereocenters. The Bertz CT molecular complexity index is 1810. The van der Waals surface area contributed by atoms with Crippen molar-refractivity contribution in [2.45, 2.75) is 79.1 Å². The normalized spacial score (nSPS) is 13.2. The van der Waals surface area contributed by atoms with E-state index in [0.717, 1.165) is 12.8 Å². The number of thiophene rings is 6. The predicted molar refractivity (Wildman–Crippen MR) is 230 cm³/mol. The highest BCUT2D eigenvalue weighted by atomic mass is 32.1. The van der Waals surface area contributed by atoms with Crippen LogP contribution in [0.1, 0.15) is 23.6 Å². The number of aryl methyl sites for hydroxylation is 2. The minimum atomic E-state index is -1.68. The number of hydrogen-bond acceptors (Lipinski definition) is 6. The molecule has 0 aliphatic rings. The lowest BCUT2D eigenvalue weighted by Crippen LogP contribution is -2.83. The molecule has 0 aliphatic carbocycles. The smallest absolute Gasteiger partial charge is 0.0837 e. The summed E-state index contributed by atoms with van der Waals surface area (Å²) in [6.07, 6.45) is 2.24. The molecule has 0 radical (unpaired) electrons. The topological polar surface area (TPSA) is 0 Å². The molecule has 0 saturated heterocycles. The Kier molecular flexibility index (Phi) is 9.92. The van der Waals surface area contributed by atoms with Crippen LogP contribution < -0.4 is 9.00 Å². The van der Waals surface area contributed by atoms with Crippen molar-refractivity contribution in [3.8, 4) is 39.0 Å². The third-order valence-electron chi connectivity index (χ3n) is 11.3.